The third-order valence-electron chi connectivity index (χ3n) is 9.04. The number of carbonyl (C=O) groups excluding carboxylic acids is 1. The van der Waals surface area contributed by atoms with Gasteiger partial charge in [-0.15, -0.1) is 0 Å². The number of piperidine rings is 1. The molecule has 3 heterocycles. The van der Waals surface area contributed by atoms with E-state index < -0.39 is 0 Å². The van der Waals surface area contributed by atoms with Gasteiger partial charge in [0.15, 0.2) is 0 Å². The monoisotopic (exact) mass is 581 g/mol. The van der Waals surface area contributed by atoms with Crippen LogP contribution >= 0.6 is 11.6 Å². The zero-order chi connectivity index (χ0) is 28.8. The van der Waals surface area contributed by atoms with Crippen LogP contribution in [0.3, 0.4) is 0 Å². The Balaban J connectivity index is 1.20. The van der Waals surface area contributed by atoms with Crippen LogP contribution in [0, 0.1) is 0 Å². The van der Waals surface area contributed by atoms with Gasteiger partial charge in [-0.25, -0.2) is 4.98 Å². The van der Waals surface area contributed by atoms with Crippen LogP contribution in [0.5, 0.6) is 0 Å². The van der Waals surface area contributed by atoms with Crippen LogP contribution in [0.2, 0.25) is 5.02 Å². The average Bonchev–Trinajstić information content (AvgIpc) is 3.70. The van der Waals surface area contributed by atoms with Gasteiger partial charge in [-0.05, 0) is 80.7 Å². The predicted molar refractivity (Wildman–Crippen MR) is 169 cm³/mol. The highest BCUT2D eigenvalue weighted by atomic mass is 35.5. The molecule has 1 N–H and O–H groups in total. The molecule has 6 nitrogen and oxygen atoms in total. The summed E-state index contributed by atoms with van der Waals surface area (Å²) >= 11 is 6.13. The van der Waals surface area contributed by atoms with Crippen LogP contribution in [-0.4, -0.2) is 64.5 Å². The van der Waals surface area contributed by atoms with E-state index in [4.69, 9.17) is 16.6 Å². The van der Waals surface area contributed by atoms with Crippen LogP contribution in [0.4, 0.5) is 0 Å². The van der Waals surface area contributed by atoms with Crippen LogP contribution in [0.1, 0.15) is 58.6 Å². The minimum atomic E-state index is -0.0458. The maximum atomic E-state index is 13.7. The second-order valence-corrected chi connectivity index (χ2v) is 12.1. The van der Waals surface area contributed by atoms with Crippen molar-refractivity contribution in [2.24, 2.45) is 0 Å². The minimum Gasteiger partial charge on any atom is -0.349 e. The van der Waals surface area contributed by atoms with Crippen molar-refractivity contribution < 1.29 is 4.79 Å². The van der Waals surface area contributed by atoms with Gasteiger partial charge in [0.05, 0.1) is 12.0 Å². The molecule has 0 atom stereocenters. The summed E-state index contributed by atoms with van der Waals surface area (Å²) < 4.78 is 1.99. The molecule has 6 rings (SSSR count). The minimum absolute atomic E-state index is 0.0112. The van der Waals surface area contributed by atoms with Crippen molar-refractivity contribution in [1.29, 1.82) is 0 Å². The zero-order valence-corrected chi connectivity index (χ0v) is 25.0. The fourth-order valence-electron chi connectivity index (χ4n) is 6.69. The Morgan fingerprint density at radius 1 is 0.786 bits per heavy atom. The molecule has 1 amide bonds. The molecule has 0 saturated carbocycles. The fraction of sp³-hybridized carbons (Fsp3) is 0.371. The Morgan fingerprint density at radius 2 is 1.40 bits per heavy atom. The van der Waals surface area contributed by atoms with E-state index >= 15 is 0 Å². The van der Waals surface area contributed by atoms with E-state index in [1.807, 2.05) is 35.2 Å². The smallest absolute Gasteiger partial charge is 0.269 e. The summed E-state index contributed by atoms with van der Waals surface area (Å²) in [7, 11) is 0. The largest absolute Gasteiger partial charge is 0.349 e. The number of nitrogens with one attached hydrogen (secondary N) is 1. The summed E-state index contributed by atoms with van der Waals surface area (Å²) in [5, 5.41) is 3.91. The number of amides is 1. The van der Waals surface area contributed by atoms with E-state index in [1.54, 1.807) is 0 Å². The lowest BCUT2D eigenvalue weighted by Gasteiger charge is -2.43. The third-order valence-corrected chi connectivity index (χ3v) is 9.29. The van der Waals surface area contributed by atoms with Gasteiger partial charge >= 0.3 is 0 Å². The van der Waals surface area contributed by atoms with Crippen molar-refractivity contribution in [3.63, 3.8) is 0 Å². The second-order valence-electron chi connectivity index (χ2n) is 11.7. The van der Waals surface area contributed by atoms with E-state index in [0.29, 0.717) is 30.4 Å². The maximum Gasteiger partial charge on any atom is 0.269 e. The predicted octanol–water partition coefficient (Wildman–Crippen LogP) is 5.99. The lowest BCUT2D eigenvalue weighted by molar-refractivity contribution is 0.0937. The number of halogens is 1. The molecule has 0 bridgehead atoms. The maximum absolute atomic E-state index is 13.7. The first-order valence-electron chi connectivity index (χ1n) is 15.2. The first kappa shape index (κ1) is 28.7. The van der Waals surface area contributed by atoms with Gasteiger partial charge in [-0.1, -0.05) is 84.4 Å². The van der Waals surface area contributed by atoms with E-state index in [0.717, 1.165) is 56.8 Å². The molecule has 42 heavy (non-hydrogen) atoms. The molecule has 1 aromatic heterocycles. The van der Waals surface area contributed by atoms with Crippen LogP contribution < -0.4 is 5.32 Å². The molecule has 0 radical (unpaired) electrons. The number of likely N-dealkylation sites (tertiary alicyclic amines) is 2. The molecule has 2 aliphatic heterocycles. The van der Waals surface area contributed by atoms with Crippen molar-refractivity contribution in [2.75, 3.05) is 39.3 Å². The van der Waals surface area contributed by atoms with Gasteiger partial charge in [0.25, 0.3) is 5.91 Å². The van der Waals surface area contributed by atoms with Gasteiger partial charge in [-0.3, -0.25) is 9.69 Å². The van der Waals surface area contributed by atoms with E-state index in [2.05, 4.69) is 75.8 Å². The van der Waals surface area contributed by atoms with Crippen LogP contribution in [-0.2, 0) is 18.5 Å². The highest BCUT2D eigenvalue weighted by Crippen LogP contribution is 2.42. The summed E-state index contributed by atoms with van der Waals surface area (Å²) in [6.07, 6.45) is 6.35. The number of hydrogen-bond acceptors (Lipinski definition) is 4. The van der Waals surface area contributed by atoms with Crippen molar-refractivity contribution in [1.82, 2.24) is 24.7 Å². The quantitative estimate of drug-likeness (QED) is 0.250. The first-order valence-corrected chi connectivity index (χ1v) is 15.6. The van der Waals surface area contributed by atoms with Crippen LogP contribution in [0.15, 0.2) is 91.3 Å². The lowest BCUT2D eigenvalue weighted by Crippen LogP contribution is -2.43. The van der Waals surface area contributed by atoms with Gasteiger partial charge < -0.3 is 14.8 Å². The number of hydrogen-bond donors (Lipinski definition) is 1. The van der Waals surface area contributed by atoms with Gasteiger partial charge in [-0.2, -0.15) is 0 Å². The topological polar surface area (TPSA) is 53.4 Å². The van der Waals surface area contributed by atoms with Crippen molar-refractivity contribution in [3.8, 4) is 0 Å². The Bertz CT molecular complexity index is 1400. The lowest BCUT2D eigenvalue weighted by atomic mass is 9.68. The molecule has 4 aromatic rings. The number of nitrogens with zero attached hydrogens (tertiary/aromatic N) is 4. The van der Waals surface area contributed by atoms with Gasteiger partial charge in [0.2, 0.25) is 0 Å². The Hall–Kier alpha value is -3.45. The summed E-state index contributed by atoms with van der Waals surface area (Å²) in [6.45, 7) is 6.88. The Labute approximate surface area is 254 Å². The summed E-state index contributed by atoms with van der Waals surface area (Å²) in [5.41, 5.74) is 5.33. The number of benzene rings is 3. The van der Waals surface area contributed by atoms with E-state index in [1.165, 1.54) is 24.0 Å². The van der Waals surface area contributed by atoms with Crippen molar-refractivity contribution in [2.45, 2.75) is 44.2 Å². The van der Waals surface area contributed by atoms with Gasteiger partial charge in [0.1, 0.15) is 5.69 Å². The zero-order valence-electron chi connectivity index (χ0n) is 24.2. The molecule has 3 aromatic carbocycles. The highest BCUT2D eigenvalue weighted by Gasteiger charge is 2.38. The Kier molecular flexibility index (Phi) is 9.04. The first-order chi connectivity index (χ1) is 20.6. The molecule has 2 fully saturated rings. The van der Waals surface area contributed by atoms with E-state index in [9.17, 15) is 4.79 Å². The SMILES string of the molecule is O=C(NCCN1CCCC1)c1c(CN2CCC(c3ccccc3)(c3ccccc3)CC2)ncn1Cc1ccc(Cl)cc1. The summed E-state index contributed by atoms with van der Waals surface area (Å²) in [6, 6.07) is 29.7. The average molecular weight is 582 g/mol. The standard InChI is InChI=1S/C35H40ClN5O/c36-31-15-13-28(14-16-31)25-41-27-38-32(33(41)34(42)37-19-24-39-20-7-8-21-39)26-40-22-17-35(18-23-40,29-9-3-1-4-10-29)30-11-5-2-6-12-30/h1-6,9-16,27H,7-8,17-26H2,(H,37,42). The van der Waals surface area contributed by atoms with E-state index in [-0.39, 0.29) is 11.3 Å². The molecule has 0 unspecified atom stereocenters. The van der Waals surface area contributed by atoms with Crippen LogP contribution in [0.25, 0.3) is 0 Å². The summed E-state index contributed by atoms with van der Waals surface area (Å²) in [4.78, 5) is 23.3. The second kappa shape index (κ2) is 13.2. The molecular formula is C35H40ClN5O. The fourth-order valence-corrected chi connectivity index (χ4v) is 6.81. The molecular weight excluding hydrogens is 542 g/mol. The normalized spacial score (nSPS) is 17.4. The van der Waals surface area contributed by atoms with Gasteiger partial charge in [0, 0.05) is 36.6 Å². The molecule has 0 aliphatic carbocycles. The van der Waals surface area contributed by atoms with Crippen molar-refractivity contribution in [3.05, 3.63) is 124 Å². The molecule has 2 aliphatic rings. The number of imidazole rings is 1. The molecule has 7 heteroatoms. The summed E-state index contributed by atoms with van der Waals surface area (Å²) in [5.74, 6) is -0.0458. The number of rotatable bonds is 10. The molecule has 0 spiro atoms. The Morgan fingerprint density at radius 3 is 2.02 bits per heavy atom. The highest BCUT2D eigenvalue weighted by molar-refractivity contribution is 6.30. The molecule has 218 valence electrons. The van der Waals surface area contributed by atoms with Crippen molar-refractivity contribution >= 4 is 17.5 Å². The third kappa shape index (κ3) is 6.46. The number of aromatic nitrogens is 2. The number of carbonyl (C=O) groups is 1. The molecule has 2 saturated heterocycles.